The fraction of sp³-hybridized carbons (Fsp3) is 0.258. The summed E-state index contributed by atoms with van der Waals surface area (Å²) in [7, 11) is 0. The lowest BCUT2D eigenvalue weighted by Gasteiger charge is -2.35. The molecule has 39 heavy (non-hydrogen) atoms. The molecule has 1 saturated heterocycles. The van der Waals surface area contributed by atoms with Crippen molar-refractivity contribution in [1.82, 2.24) is 15.2 Å². The van der Waals surface area contributed by atoms with E-state index >= 15 is 0 Å². The average Bonchev–Trinajstić information content (AvgIpc) is 3.64. The van der Waals surface area contributed by atoms with Gasteiger partial charge in [-0.2, -0.15) is 0 Å². The molecule has 0 saturated carbocycles. The van der Waals surface area contributed by atoms with Crippen LogP contribution in [0.4, 0.5) is 4.39 Å². The molecule has 1 aromatic heterocycles. The van der Waals surface area contributed by atoms with Gasteiger partial charge in [-0.15, -0.1) is 11.3 Å². The molecule has 0 spiro atoms. The Hall–Kier alpha value is -4.04. The molecule has 198 valence electrons. The molecule has 0 aliphatic carbocycles. The van der Waals surface area contributed by atoms with Crippen LogP contribution in [0.25, 0.3) is 21.0 Å². The Morgan fingerprint density at radius 1 is 1.03 bits per heavy atom. The van der Waals surface area contributed by atoms with Gasteiger partial charge in [0.05, 0.1) is 11.5 Å². The predicted octanol–water partition coefficient (Wildman–Crippen LogP) is 5.98. The zero-order valence-corrected chi connectivity index (χ0v) is 22.2. The smallest absolute Gasteiger partial charge is 0.274 e. The number of carbonyl (C=O) groups is 2. The minimum absolute atomic E-state index is 0.164. The highest BCUT2D eigenvalue weighted by Gasteiger charge is 2.32. The Kier molecular flexibility index (Phi) is 7.11. The first kappa shape index (κ1) is 25.2. The number of fused-ring (bicyclic) bond motifs is 1. The van der Waals surface area contributed by atoms with Crippen LogP contribution in [0.1, 0.15) is 45.7 Å². The number of nitrogens with one attached hydrogen (secondary N) is 1. The molecule has 0 unspecified atom stereocenters. The number of likely N-dealkylation sites (tertiary alicyclic amines) is 1. The zero-order chi connectivity index (χ0) is 26.8. The Labute approximate surface area is 230 Å². The van der Waals surface area contributed by atoms with Crippen molar-refractivity contribution in [2.45, 2.75) is 31.7 Å². The number of nitrogens with zero attached hydrogens (tertiary/aromatic N) is 2. The maximum Gasteiger partial charge on any atom is 0.274 e. The van der Waals surface area contributed by atoms with Crippen molar-refractivity contribution in [3.05, 3.63) is 95.4 Å². The van der Waals surface area contributed by atoms with Crippen LogP contribution in [0.15, 0.2) is 72.8 Å². The highest BCUT2D eigenvalue weighted by Crippen LogP contribution is 2.38. The highest BCUT2D eigenvalue weighted by atomic mass is 32.1. The molecule has 2 amide bonds. The van der Waals surface area contributed by atoms with Crippen LogP contribution in [0.3, 0.4) is 0 Å². The van der Waals surface area contributed by atoms with Crippen molar-refractivity contribution in [3.8, 4) is 26.8 Å². The van der Waals surface area contributed by atoms with Gasteiger partial charge in [0, 0.05) is 47.8 Å². The molecule has 8 heteroatoms. The SMILES string of the molecule is O=C(NC[C@@H]1CCCCN1C(=O)c1nc(-c2ccccc2)sc1-c1ccccc1F)c1cccc2c1CCO2. The van der Waals surface area contributed by atoms with Gasteiger partial charge >= 0.3 is 0 Å². The summed E-state index contributed by atoms with van der Waals surface area (Å²) in [5.74, 6) is -0.0331. The van der Waals surface area contributed by atoms with Crippen LogP contribution in [0.5, 0.6) is 5.75 Å². The van der Waals surface area contributed by atoms with Crippen molar-refractivity contribution in [3.63, 3.8) is 0 Å². The van der Waals surface area contributed by atoms with Gasteiger partial charge in [-0.05, 0) is 37.5 Å². The molecular formula is C31H28FN3O3S. The van der Waals surface area contributed by atoms with E-state index in [1.165, 1.54) is 17.4 Å². The zero-order valence-electron chi connectivity index (χ0n) is 21.4. The van der Waals surface area contributed by atoms with E-state index in [1.54, 1.807) is 23.1 Å². The lowest BCUT2D eigenvalue weighted by Crippen LogP contribution is -2.49. The maximum absolute atomic E-state index is 14.9. The van der Waals surface area contributed by atoms with E-state index in [2.05, 4.69) is 5.32 Å². The predicted molar refractivity (Wildman–Crippen MR) is 150 cm³/mol. The summed E-state index contributed by atoms with van der Waals surface area (Å²) in [5.41, 5.74) is 3.04. The molecule has 4 aromatic rings. The second kappa shape index (κ2) is 11.0. The van der Waals surface area contributed by atoms with Gasteiger partial charge in [0.2, 0.25) is 0 Å². The Bertz CT molecular complexity index is 1520. The third-order valence-corrected chi connectivity index (χ3v) is 8.48. The van der Waals surface area contributed by atoms with E-state index in [1.807, 2.05) is 48.5 Å². The van der Waals surface area contributed by atoms with E-state index in [0.717, 1.165) is 36.1 Å². The second-order valence-electron chi connectivity index (χ2n) is 9.78. The maximum atomic E-state index is 14.9. The van der Waals surface area contributed by atoms with Crippen molar-refractivity contribution in [1.29, 1.82) is 0 Å². The molecular weight excluding hydrogens is 513 g/mol. The molecule has 1 N–H and O–H groups in total. The number of benzene rings is 3. The summed E-state index contributed by atoms with van der Waals surface area (Å²) in [4.78, 5) is 34.2. The fourth-order valence-electron chi connectivity index (χ4n) is 5.35. The summed E-state index contributed by atoms with van der Waals surface area (Å²) in [6.45, 7) is 1.47. The molecule has 1 fully saturated rings. The molecule has 6 nitrogen and oxygen atoms in total. The lowest BCUT2D eigenvalue weighted by atomic mass is 10.00. The standard InChI is InChI=1S/C31H28FN3O3S/c32-25-14-5-4-12-24(25)28-27(34-30(39-28)20-9-2-1-3-10-20)31(37)35-17-7-6-11-21(35)19-33-29(36)23-13-8-15-26-22(23)16-18-38-26/h1-5,8-10,12-15,21H,6-7,11,16-19H2,(H,33,36)/t21-/m0/s1. The normalized spacial score (nSPS) is 16.4. The number of carbonyl (C=O) groups excluding carboxylic acids is 2. The van der Waals surface area contributed by atoms with E-state index in [-0.39, 0.29) is 23.6 Å². The number of thiazole rings is 1. The number of rotatable bonds is 6. The first-order valence-electron chi connectivity index (χ1n) is 13.2. The fourth-order valence-corrected chi connectivity index (χ4v) is 6.44. The summed E-state index contributed by atoms with van der Waals surface area (Å²) in [6.07, 6.45) is 3.31. The van der Waals surface area contributed by atoms with Crippen LogP contribution in [-0.2, 0) is 6.42 Å². The number of aromatic nitrogens is 1. The van der Waals surface area contributed by atoms with E-state index in [0.29, 0.717) is 47.1 Å². The van der Waals surface area contributed by atoms with Gasteiger partial charge in [0.1, 0.15) is 22.3 Å². The van der Waals surface area contributed by atoms with Crippen molar-refractivity contribution in [2.24, 2.45) is 0 Å². The summed E-state index contributed by atoms with van der Waals surface area (Å²) in [6, 6.07) is 21.4. The number of ether oxygens (including phenoxy) is 1. The first-order valence-corrected chi connectivity index (χ1v) is 14.1. The topological polar surface area (TPSA) is 71.5 Å². The first-order chi connectivity index (χ1) is 19.1. The molecule has 2 aliphatic heterocycles. The van der Waals surface area contributed by atoms with Crippen molar-refractivity contribution < 1.29 is 18.7 Å². The van der Waals surface area contributed by atoms with Gasteiger partial charge in [-0.1, -0.05) is 54.6 Å². The quantitative estimate of drug-likeness (QED) is 0.326. The van der Waals surface area contributed by atoms with Crippen LogP contribution < -0.4 is 10.1 Å². The van der Waals surface area contributed by atoms with Gasteiger partial charge in [-0.3, -0.25) is 9.59 Å². The Balaban J connectivity index is 1.28. The van der Waals surface area contributed by atoms with Gasteiger partial charge in [-0.25, -0.2) is 9.37 Å². The summed E-state index contributed by atoms with van der Waals surface area (Å²) >= 11 is 1.32. The number of halogens is 1. The number of hydrogen-bond donors (Lipinski definition) is 1. The summed E-state index contributed by atoms with van der Waals surface area (Å²) in [5, 5.41) is 3.72. The van der Waals surface area contributed by atoms with Gasteiger partial charge < -0.3 is 15.0 Å². The molecule has 3 aromatic carbocycles. The third-order valence-electron chi connectivity index (χ3n) is 7.34. The van der Waals surface area contributed by atoms with Crippen LogP contribution in [0, 0.1) is 5.82 Å². The average molecular weight is 542 g/mol. The van der Waals surface area contributed by atoms with Crippen LogP contribution >= 0.6 is 11.3 Å². The monoisotopic (exact) mass is 541 g/mol. The minimum Gasteiger partial charge on any atom is -0.493 e. The third kappa shape index (κ3) is 5.04. The van der Waals surface area contributed by atoms with Crippen LogP contribution in [0.2, 0.25) is 0 Å². The molecule has 2 aliphatic rings. The van der Waals surface area contributed by atoms with Crippen molar-refractivity contribution >= 4 is 23.2 Å². The van der Waals surface area contributed by atoms with Crippen molar-refractivity contribution in [2.75, 3.05) is 19.7 Å². The molecule has 6 rings (SSSR count). The summed E-state index contributed by atoms with van der Waals surface area (Å²) < 4.78 is 20.5. The number of hydrogen-bond acceptors (Lipinski definition) is 5. The largest absolute Gasteiger partial charge is 0.493 e. The number of piperidine rings is 1. The number of amides is 2. The Morgan fingerprint density at radius 2 is 1.85 bits per heavy atom. The molecule has 3 heterocycles. The van der Waals surface area contributed by atoms with E-state index < -0.39 is 5.82 Å². The van der Waals surface area contributed by atoms with Crippen LogP contribution in [-0.4, -0.2) is 47.4 Å². The molecule has 1 atom stereocenters. The molecule has 0 bridgehead atoms. The van der Waals surface area contributed by atoms with Gasteiger partial charge in [0.15, 0.2) is 0 Å². The van der Waals surface area contributed by atoms with E-state index in [4.69, 9.17) is 9.72 Å². The Morgan fingerprint density at radius 3 is 2.69 bits per heavy atom. The van der Waals surface area contributed by atoms with Gasteiger partial charge in [0.25, 0.3) is 11.8 Å². The molecule has 0 radical (unpaired) electrons. The minimum atomic E-state index is -0.392. The second-order valence-corrected chi connectivity index (χ2v) is 10.8. The lowest BCUT2D eigenvalue weighted by molar-refractivity contribution is 0.0598. The highest BCUT2D eigenvalue weighted by molar-refractivity contribution is 7.18. The van der Waals surface area contributed by atoms with E-state index in [9.17, 15) is 14.0 Å².